The molecule has 0 aliphatic heterocycles. The average Bonchev–Trinajstić information content (AvgIpc) is 3.32. The molecule has 0 spiro atoms. The third-order valence-corrected chi connectivity index (χ3v) is 4.82. The van der Waals surface area contributed by atoms with Gasteiger partial charge in [-0.1, -0.05) is 17.7 Å². The number of aryl methyl sites for hydroxylation is 1. The van der Waals surface area contributed by atoms with E-state index in [1.54, 1.807) is 17.9 Å². The number of nitrogens with zero attached hydrogens (tertiary/aromatic N) is 3. The van der Waals surface area contributed by atoms with Crippen LogP contribution in [0.5, 0.6) is 0 Å². The monoisotopic (exact) mass is 361 g/mol. The van der Waals surface area contributed by atoms with Gasteiger partial charge in [0, 0.05) is 24.5 Å². The number of hydrogen-bond acceptors (Lipinski definition) is 3. The Labute approximate surface area is 151 Å². The Morgan fingerprint density at radius 1 is 1.40 bits per heavy atom. The molecule has 0 bridgehead atoms. The highest BCUT2D eigenvalue weighted by Gasteiger charge is 2.33. The Morgan fingerprint density at radius 3 is 2.72 bits per heavy atom. The maximum absolute atomic E-state index is 12.7. The maximum atomic E-state index is 12.7. The fraction of sp³-hybridized carbons (Fsp3) is 0.389. The van der Waals surface area contributed by atoms with Gasteiger partial charge in [0.15, 0.2) is 0 Å². The van der Waals surface area contributed by atoms with E-state index in [-0.39, 0.29) is 18.9 Å². The van der Waals surface area contributed by atoms with Crippen LogP contribution in [0.25, 0.3) is 5.69 Å². The number of aromatic nitrogens is 2. The minimum Gasteiger partial charge on any atom is -0.481 e. The van der Waals surface area contributed by atoms with Gasteiger partial charge in [-0.15, -0.1) is 0 Å². The first-order valence-electron chi connectivity index (χ1n) is 8.20. The normalized spacial score (nSPS) is 13.7. The lowest BCUT2D eigenvalue weighted by atomic mass is 10.1. The predicted molar refractivity (Wildman–Crippen MR) is 94.5 cm³/mol. The molecule has 1 fully saturated rings. The molecule has 1 N–H and O–H groups in total. The highest BCUT2D eigenvalue weighted by molar-refractivity contribution is 6.31. The summed E-state index contributed by atoms with van der Waals surface area (Å²) in [5, 5.41) is 13.9. The molecule has 1 aliphatic carbocycles. The number of carbonyl (C=O) groups is 2. The Bertz CT molecular complexity index is 827. The van der Waals surface area contributed by atoms with E-state index in [1.807, 2.05) is 25.1 Å². The van der Waals surface area contributed by atoms with Crippen LogP contribution in [0, 0.1) is 6.92 Å². The molecule has 1 heterocycles. The Morgan fingerprint density at radius 2 is 2.12 bits per heavy atom. The first-order chi connectivity index (χ1) is 11.9. The van der Waals surface area contributed by atoms with Crippen LogP contribution in [-0.4, -0.2) is 45.3 Å². The number of halogens is 1. The molecule has 0 saturated heterocycles. The third kappa shape index (κ3) is 3.69. The summed E-state index contributed by atoms with van der Waals surface area (Å²) >= 11 is 6.23. The van der Waals surface area contributed by atoms with Crippen LogP contribution in [0.2, 0.25) is 5.02 Å². The molecule has 6 nitrogen and oxygen atoms in total. The zero-order valence-electron chi connectivity index (χ0n) is 14.2. The van der Waals surface area contributed by atoms with E-state index in [0.717, 1.165) is 29.8 Å². The number of carboxylic acid groups (broad SMARTS) is 1. The number of benzene rings is 1. The minimum atomic E-state index is -0.924. The topological polar surface area (TPSA) is 75.4 Å². The fourth-order valence-corrected chi connectivity index (χ4v) is 2.94. The van der Waals surface area contributed by atoms with E-state index >= 15 is 0 Å². The van der Waals surface area contributed by atoms with Gasteiger partial charge in [-0.25, -0.2) is 4.68 Å². The largest absolute Gasteiger partial charge is 0.481 e. The molecule has 3 rings (SSSR count). The van der Waals surface area contributed by atoms with Crippen molar-refractivity contribution >= 4 is 23.5 Å². The van der Waals surface area contributed by atoms with Gasteiger partial charge in [0.1, 0.15) is 0 Å². The molecule has 0 radical (unpaired) electrons. The van der Waals surface area contributed by atoms with E-state index in [0.29, 0.717) is 16.5 Å². The van der Waals surface area contributed by atoms with E-state index in [1.165, 1.54) is 4.90 Å². The van der Waals surface area contributed by atoms with Crippen molar-refractivity contribution in [3.05, 3.63) is 46.2 Å². The maximum Gasteiger partial charge on any atom is 0.305 e. The molecule has 1 aromatic carbocycles. The average molecular weight is 362 g/mol. The van der Waals surface area contributed by atoms with Gasteiger partial charge in [0.2, 0.25) is 0 Å². The molecule has 1 saturated carbocycles. The van der Waals surface area contributed by atoms with Crippen molar-refractivity contribution < 1.29 is 14.7 Å². The van der Waals surface area contributed by atoms with Crippen LogP contribution < -0.4 is 0 Å². The number of hydrogen-bond donors (Lipinski definition) is 1. The lowest BCUT2D eigenvalue weighted by molar-refractivity contribution is -0.137. The number of carbonyl (C=O) groups excluding carboxylic acids is 1. The van der Waals surface area contributed by atoms with Gasteiger partial charge in [0.05, 0.1) is 29.6 Å². The molecule has 1 aliphatic rings. The van der Waals surface area contributed by atoms with Gasteiger partial charge in [-0.2, -0.15) is 5.10 Å². The molecule has 2 aromatic rings. The van der Waals surface area contributed by atoms with Gasteiger partial charge >= 0.3 is 5.97 Å². The van der Waals surface area contributed by atoms with Gasteiger partial charge < -0.3 is 10.0 Å². The van der Waals surface area contributed by atoms with Crippen LogP contribution in [0.15, 0.2) is 24.4 Å². The van der Waals surface area contributed by atoms with Crippen molar-refractivity contribution in [2.24, 2.45) is 0 Å². The summed E-state index contributed by atoms with van der Waals surface area (Å²) < 4.78 is 1.78. The molecule has 132 valence electrons. The second kappa shape index (κ2) is 6.88. The van der Waals surface area contributed by atoms with Gasteiger partial charge in [-0.3, -0.25) is 9.59 Å². The van der Waals surface area contributed by atoms with Crippen molar-refractivity contribution in [1.29, 1.82) is 0 Å². The zero-order chi connectivity index (χ0) is 18.1. The second-order valence-corrected chi connectivity index (χ2v) is 6.84. The fourth-order valence-electron chi connectivity index (χ4n) is 2.76. The predicted octanol–water partition coefficient (Wildman–Crippen LogP) is 3.26. The lowest BCUT2D eigenvalue weighted by Gasteiger charge is -2.16. The number of aliphatic carboxylic acids is 1. The van der Waals surface area contributed by atoms with Crippen LogP contribution in [0.1, 0.15) is 46.8 Å². The summed E-state index contributed by atoms with van der Waals surface area (Å²) in [6.45, 7) is 2.10. The van der Waals surface area contributed by atoms with Gasteiger partial charge in [-0.05, 0) is 37.5 Å². The number of amides is 1. The standard InChI is InChI=1S/C18H20ClN3O3/c1-11-3-6-13(9-15(11)19)22-17(12-4-5-12)14(10-20-22)18(25)21(2)8-7-16(23)24/h3,6,9-10,12H,4-5,7-8H2,1-2H3,(H,23,24). The highest BCUT2D eigenvalue weighted by atomic mass is 35.5. The molecule has 1 aromatic heterocycles. The van der Waals surface area contributed by atoms with Crippen LogP contribution in [0.3, 0.4) is 0 Å². The highest BCUT2D eigenvalue weighted by Crippen LogP contribution is 2.42. The summed E-state index contributed by atoms with van der Waals surface area (Å²) in [6.07, 6.45) is 3.53. The summed E-state index contributed by atoms with van der Waals surface area (Å²) in [6, 6.07) is 5.71. The van der Waals surface area contributed by atoms with E-state index in [4.69, 9.17) is 16.7 Å². The van der Waals surface area contributed by atoms with Crippen molar-refractivity contribution in [3.8, 4) is 5.69 Å². The molecule has 7 heteroatoms. The first kappa shape index (κ1) is 17.5. The Balaban J connectivity index is 1.93. The zero-order valence-corrected chi connectivity index (χ0v) is 15.0. The van der Waals surface area contributed by atoms with E-state index < -0.39 is 5.97 Å². The molecule has 0 unspecified atom stereocenters. The third-order valence-electron chi connectivity index (χ3n) is 4.41. The van der Waals surface area contributed by atoms with Crippen LogP contribution >= 0.6 is 11.6 Å². The first-order valence-corrected chi connectivity index (χ1v) is 8.58. The van der Waals surface area contributed by atoms with E-state index in [9.17, 15) is 9.59 Å². The minimum absolute atomic E-state index is 0.0806. The molecule has 1 amide bonds. The number of carboxylic acids is 1. The number of rotatable bonds is 6. The molecular weight excluding hydrogens is 342 g/mol. The quantitative estimate of drug-likeness (QED) is 0.856. The van der Waals surface area contributed by atoms with Crippen LogP contribution in [0.4, 0.5) is 0 Å². The van der Waals surface area contributed by atoms with Crippen molar-refractivity contribution in [2.75, 3.05) is 13.6 Å². The van der Waals surface area contributed by atoms with Gasteiger partial charge in [0.25, 0.3) is 5.91 Å². The lowest BCUT2D eigenvalue weighted by Crippen LogP contribution is -2.29. The molecule has 0 atom stereocenters. The summed E-state index contributed by atoms with van der Waals surface area (Å²) in [7, 11) is 1.61. The summed E-state index contributed by atoms with van der Waals surface area (Å²) in [5.41, 5.74) is 3.22. The Kier molecular flexibility index (Phi) is 4.81. The summed E-state index contributed by atoms with van der Waals surface area (Å²) in [4.78, 5) is 24.9. The van der Waals surface area contributed by atoms with E-state index in [2.05, 4.69) is 5.10 Å². The van der Waals surface area contributed by atoms with Crippen molar-refractivity contribution in [3.63, 3.8) is 0 Å². The van der Waals surface area contributed by atoms with Crippen molar-refractivity contribution in [1.82, 2.24) is 14.7 Å². The summed E-state index contributed by atoms with van der Waals surface area (Å²) in [5.74, 6) is -0.825. The second-order valence-electron chi connectivity index (χ2n) is 6.43. The van der Waals surface area contributed by atoms with Crippen LogP contribution in [-0.2, 0) is 4.79 Å². The smallest absolute Gasteiger partial charge is 0.305 e. The van der Waals surface area contributed by atoms with Crippen molar-refractivity contribution in [2.45, 2.75) is 32.1 Å². The molecular formula is C18H20ClN3O3. The Hall–Kier alpha value is -2.34. The molecule has 25 heavy (non-hydrogen) atoms. The SMILES string of the molecule is Cc1ccc(-n2ncc(C(=O)N(C)CCC(=O)O)c2C2CC2)cc1Cl.